The molecule has 2 heterocycles. The predicted octanol–water partition coefficient (Wildman–Crippen LogP) is 6.18. The molecular weight excluding hydrogens is 514 g/mol. The van der Waals surface area contributed by atoms with E-state index in [4.69, 9.17) is 16.3 Å². The van der Waals surface area contributed by atoms with Gasteiger partial charge in [0.1, 0.15) is 17.4 Å². The number of benzene rings is 2. The van der Waals surface area contributed by atoms with Crippen molar-refractivity contribution in [1.29, 1.82) is 0 Å². The second-order valence-corrected chi connectivity index (χ2v) is 10.7. The van der Waals surface area contributed by atoms with Crippen LogP contribution >= 0.6 is 11.6 Å². The molecule has 3 aromatic rings. The number of aryl methyl sites for hydroxylation is 1. The van der Waals surface area contributed by atoms with Crippen molar-refractivity contribution in [3.63, 3.8) is 0 Å². The number of aliphatic hydroxyl groups excluding tert-OH is 1. The number of aliphatic hydroxyl groups is 1. The molecule has 1 atom stereocenters. The molecule has 0 aliphatic carbocycles. The van der Waals surface area contributed by atoms with Crippen molar-refractivity contribution in [2.75, 3.05) is 26.7 Å². The molecule has 0 spiro atoms. The summed E-state index contributed by atoms with van der Waals surface area (Å²) < 4.78 is 32.2. The highest BCUT2D eigenvalue weighted by Gasteiger charge is 2.37. The Kier molecular flexibility index (Phi) is 9.18. The molecule has 9 heteroatoms. The summed E-state index contributed by atoms with van der Waals surface area (Å²) in [7, 11) is 1.57. The van der Waals surface area contributed by atoms with E-state index in [1.807, 2.05) is 6.07 Å². The summed E-state index contributed by atoms with van der Waals surface area (Å²) in [5.74, 6) is -1.36. The summed E-state index contributed by atoms with van der Waals surface area (Å²) in [6.45, 7) is 2.23. The zero-order valence-corrected chi connectivity index (χ0v) is 22.2. The van der Waals surface area contributed by atoms with E-state index in [0.29, 0.717) is 64.9 Å². The molecule has 204 valence electrons. The summed E-state index contributed by atoms with van der Waals surface area (Å²) in [6, 6.07) is 9.00. The molecule has 38 heavy (non-hydrogen) atoms. The molecule has 1 aliphatic rings. The van der Waals surface area contributed by atoms with E-state index in [0.717, 1.165) is 32.1 Å². The smallest absolute Gasteiger partial charge is 0.303 e. The van der Waals surface area contributed by atoms with Crippen molar-refractivity contribution in [3.8, 4) is 5.75 Å². The van der Waals surface area contributed by atoms with Gasteiger partial charge in [0.15, 0.2) is 0 Å². The van der Waals surface area contributed by atoms with Gasteiger partial charge >= 0.3 is 5.97 Å². The third-order valence-electron chi connectivity index (χ3n) is 7.65. The Morgan fingerprint density at radius 1 is 1.18 bits per heavy atom. The average Bonchev–Trinajstić information content (AvgIpc) is 2.87. The standard InChI is InChI=1S/C29H33ClF2N2O4/c1-38-22-4-5-25-23(16-22)28(24(30)18-33-25)26(35)6-7-29(17-27(36)37)8-11-34(12-9-29)10-2-3-19-13-20(31)15-21(32)14-19/h4-5,13-16,18,26,35H,2-3,6-12,17H2,1H3,(H,36,37). The summed E-state index contributed by atoms with van der Waals surface area (Å²) in [6.07, 6.45) is 4.31. The number of ether oxygens (including phenoxy) is 1. The quantitative estimate of drug-likeness (QED) is 0.299. The number of aromatic nitrogens is 1. The monoisotopic (exact) mass is 546 g/mol. The molecule has 2 N–H and O–H groups in total. The number of aliphatic carboxylic acids is 1. The lowest BCUT2D eigenvalue weighted by Gasteiger charge is -2.41. The molecule has 1 unspecified atom stereocenters. The van der Waals surface area contributed by atoms with Gasteiger partial charge in [-0.2, -0.15) is 0 Å². The Balaban J connectivity index is 1.38. The molecular formula is C29H33ClF2N2O4. The van der Waals surface area contributed by atoms with Gasteiger partial charge < -0.3 is 19.8 Å². The minimum absolute atomic E-state index is 0.0365. The van der Waals surface area contributed by atoms with Gasteiger partial charge in [0.25, 0.3) is 0 Å². The normalized spacial score (nSPS) is 16.4. The predicted molar refractivity (Wildman–Crippen MR) is 143 cm³/mol. The third kappa shape index (κ3) is 6.98. The summed E-state index contributed by atoms with van der Waals surface area (Å²) in [4.78, 5) is 18.4. The number of pyridine rings is 1. The fourth-order valence-corrected chi connectivity index (χ4v) is 5.85. The van der Waals surface area contributed by atoms with E-state index in [2.05, 4.69) is 9.88 Å². The van der Waals surface area contributed by atoms with Gasteiger partial charge in [0, 0.05) is 23.2 Å². The topological polar surface area (TPSA) is 82.9 Å². The number of halogens is 3. The molecule has 0 saturated carbocycles. The van der Waals surface area contributed by atoms with Gasteiger partial charge in [-0.1, -0.05) is 11.6 Å². The van der Waals surface area contributed by atoms with Gasteiger partial charge in [-0.3, -0.25) is 9.78 Å². The maximum atomic E-state index is 13.4. The second-order valence-electron chi connectivity index (χ2n) is 10.3. The van der Waals surface area contributed by atoms with Crippen LogP contribution in [0.4, 0.5) is 8.78 Å². The van der Waals surface area contributed by atoms with Gasteiger partial charge in [0.2, 0.25) is 0 Å². The molecule has 1 fully saturated rings. The number of hydrogen-bond acceptors (Lipinski definition) is 5. The number of methoxy groups -OCH3 is 1. The van der Waals surface area contributed by atoms with Crippen molar-refractivity contribution in [3.05, 3.63) is 70.4 Å². The summed E-state index contributed by atoms with van der Waals surface area (Å²) in [5, 5.41) is 21.9. The molecule has 6 nitrogen and oxygen atoms in total. The highest BCUT2D eigenvalue weighted by atomic mass is 35.5. The first-order valence-corrected chi connectivity index (χ1v) is 13.3. The SMILES string of the molecule is COc1ccc2ncc(Cl)c(C(O)CCC3(CC(=O)O)CCN(CCCc4cc(F)cc(F)c4)CC3)c2c1. The van der Waals surface area contributed by atoms with Crippen LogP contribution < -0.4 is 4.74 Å². The van der Waals surface area contributed by atoms with Crippen LogP contribution in [0.3, 0.4) is 0 Å². The van der Waals surface area contributed by atoms with Crippen LogP contribution in [0.15, 0.2) is 42.6 Å². The fraction of sp³-hybridized carbons (Fsp3) is 0.448. The van der Waals surface area contributed by atoms with Gasteiger partial charge in [-0.05, 0) is 99.5 Å². The van der Waals surface area contributed by atoms with Crippen LogP contribution in [0.1, 0.15) is 55.8 Å². The summed E-state index contributed by atoms with van der Waals surface area (Å²) in [5.41, 5.74) is 1.47. The van der Waals surface area contributed by atoms with Crippen molar-refractivity contribution < 1.29 is 28.5 Å². The van der Waals surface area contributed by atoms with Gasteiger partial charge in [-0.25, -0.2) is 8.78 Å². The van der Waals surface area contributed by atoms with Crippen molar-refractivity contribution in [2.24, 2.45) is 5.41 Å². The Hall–Kier alpha value is -2.81. The number of carbonyl (C=O) groups is 1. The van der Waals surface area contributed by atoms with E-state index in [1.54, 1.807) is 19.2 Å². The molecule has 1 aromatic heterocycles. The van der Waals surface area contributed by atoms with E-state index < -0.39 is 29.1 Å². The third-order valence-corrected chi connectivity index (χ3v) is 7.96. The first-order chi connectivity index (χ1) is 18.2. The largest absolute Gasteiger partial charge is 0.497 e. The van der Waals surface area contributed by atoms with Crippen LogP contribution in [-0.2, 0) is 11.2 Å². The lowest BCUT2D eigenvalue weighted by molar-refractivity contribution is -0.141. The maximum absolute atomic E-state index is 13.4. The van der Waals surface area contributed by atoms with Crippen molar-refractivity contribution in [1.82, 2.24) is 9.88 Å². The highest BCUT2D eigenvalue weighted by Crippen LogP contribution is 2.43. The minimum Gasteiger partial charge on any atom is -0.497 e. The molecule has 2 aromatic carbocycles. The number of rotatable bonds is 11. The Labute approximate surface area is 226 Å². The molecule has 1 saturated heterocycles. The highest BCUT2D eigenvalue weighted by molar-refractivity contribution is 6.32. The minimum atomic E-state index is -0.879. The Morgan fingerprint density at radius 2 is 1.89 bits per heavy atom. The number of carboxylic acid groups (broad SMARTS) is 1. The lowest BCUT2D eigenvalue weighted by atomic mass is 9.71. The van der Waals surface area contributed by atoms with Crippen molar-refractivity contribution in [2.45, 2.75) is 51.0 Å². The van der Waals surface area contributed by atoms with E-state index >= 15 is 0 Å². The number of carboxylic acids is 1. The number of hydrogen-bond donors (Lipinski definition) is 2. The van der Waals surface area contributed by atoms with Crippen LogP contribution in [0, 0.1) is 17.0 Å². The lowest BCUT2D eigenvalue weighted by Crippen LogP contribution is -2.41. The molecule has 0 amide bonds. The van der Waals surface area contributed by atoms with Crippen molar-refractivity contribution >= 4 is 28.5 Å². The van der Waals surface area contributed by atoms with Gasteiger partial charge in [-0.15, -0.1) is 0 Å². The van der Waals surface area contributed by atoms with E-state index in [1.165, 1.54) is 18.3 Å². The Bertz CT molecular complexity index is 1260. The first kappa shape index (κ1) is 28.2. The fourth-order valence-electron chi connectivity index (χ4n) is 5.57. The van der Waals surface area contributed by atoms with Crippen LogP contribution in [0.25, 0.3) is 10.9 Å². The van der Waals surface area contributed by atoms with Crippen LogP contribution in [0.5, 0.6) is 5.75 Å². The number of likely N-dealkylation sites (tertiary alicyclic amines) is 1. The summed E-state index contributed by atoms with van der Waals surface area (Å²) >= 11 is 6.46. The molecule has 1 aliphatic heterocycles. The van der Waals surface area contributed by atoms with Gasteiger partial charge in [0.05, 0.1) is 30.2 Å². The van der Waals surface area contributed by atoms with E-state index in [-0.39, 0.29) is 6.42 Å². The second kappa shape index (κ2) is 12.4. The first-order valence-electron chi connectivity index (χ1n) is 12.9. The molecule has 0 bridgehead atoms. The number of nitrogens with zero attached hydrogens (tertiary/aromatic N) is 2. The van der Waals surface area contributed by atoms with E-state index in [9.17, 15) is 23.8 Å². The van der Waals surface area contributed by atoms with Crippen LogP contribution in [-0.4, -0.2) is 52.8 Å². The molecule has 4 rings (SSSR count). The zero-order valence-electron chi connectivity index (χ0n) is 21.4. The number of fused-ring (bicyclic) bond motifs is 1. The average molecular weight is 547 g/mol. The van der Waals surface area contributed by atoms with Crippen LogP contribution in [0.2, 0.25) is 5.02 Å². The number of piperidine rings is 1. The zero-order chi connectivity index (χ0) is 27.3. The Morgan fingerprint density at radius 3 is 2.55 bits per heavy atom. The molecule has 0 radical (unpaired) electrons. The maximum Gasteiger partial charge on any atom is 0.303 e.